The Morgan fingerprint density at radius 1 is 1.11 bits per heavy atom. The lowest BCUT2D eigenvalue weighted by atomic mass is 10.1. The fourth-order valence-electron chi connectivity index (χ4n) is 3.25. The van der Waals surface area contributed by atoms with Crippen LogP contribution in [0.4, 0.5) is 4.79 Å². The van der Waals surface area contributed by atoms with Gasteiger partial charge < -0.3 is 4.57 Å². The highest BCUT2D eigenvalue weighted by Crippen LogP contribution is 2.35. The first-order chi connectivity index (χ1) is 13.1. The van der Waals surface area contributed by atoms with Gasteiger partial charge in [0.25, 0.3) is 11.1 Å². The van der Waals surface area contributed by atoms with Crippen LogP contribution in [0.5, 0.6) is 0 Å². The van der Waals surface area contributed by atoms with Gasteiger partial charge in [-0.25, -0.2) is 0 Å². The fourth-order valence-corrected chi connectivity index (χ4v) is 4.52. The van der Waals surface area contributed by atoms with Gasteiger partial charge in [-0.05, 0) is 48.5 Å². The molecule has 1 saturated heterocycles. The summed E-state index contributed by atoms with van der Waals surface area (Å²) < 4.78 is 3.07. The number of carbonyl (C=O) groups excluding carboxylic acids is 2. The number of carbonyl (C=O) groups is 2. The molecule has 1 aromatic heterocycles. The Bertz CT molecular complexity index is 1090. The number of fused-ring (bicyclic) bond motifs is 1. The zero-order valence-electron chi connectivity index (χ0n) is 14.7. The van der Waals surface area contributed by atoms with E-state index in [4.69, 9.17) is 0 Å². The van der Waals surface area contributed by atoms with Gasteiger partial charge in [0.1, 0.15) is 0 Å². The van der Waals surface area contributed by atoms with Crippen LogP contribution in [0.25, 0.3) is 17.0 Å². The SMILES string of the molecule is CCn1cc(/C=C2\SC(=O)N(Cc3cccc(Br)c3)C2=O)c2ccccc21. The van der Waals surface area contributed by atoms with E-state index in [0.717, 1.165) is 44.8 Å². The number of rotatable bonds is 4. The monoisotopic (exact) mass is 440 g/mol. The third kappa shape index (κ3) is 3.47. The molecule has 0 unspecified atom stereocenters. The van der Waals surface area contributed by atoms with Gasteiger partial charge >= 0.3 is 0 Å². The molecule has 0 saturated carbocycles. The number of benzene rings is 2. The van der Waals surface area contributed by atoms with E-state index in [1.165, 1.54) is 4.90 Å². The summed E-state index contributed by atoms with van der Waals surface area (Å²) in [6, 6.07) is 15.7. The van der Waals surface area contributed by atoms with Gasteiger partial charge in [0.2, 0.25) is 0 Å². The number of amides is 2. The van der Waals surface area contributed by atoms with Crippen LogP contribution in [0.2, 0.25) is 0 Å². The van der Waals surface area contributed by atoms with Crippen molar-refractivity contribution in [3.8, 4) is 0 Å². The van der Waals surface area contributed by atoms with Crippen molar-refractivity contribution in [3.05, 3.63) is 75.2 Å². The van der Waals surface area contributed by atoms with E-state index in [1.807, 2.05) is 54.7 Å². The van der Waals surface area contributed by atoms with E-state index < -0.39 is 0 Å². The second-order valence-electron chi connectivity index (χ2n) is 6.29. The molecule has 0 spiro atoms. The van der Waals surface area contributed by atoms with Gasteiger partial charge in [-0.2, -0.15) is 0 Å². The number of hydrogen-bond donors (Lipinski definition) is 0. The average molecular weight is 441 g/mol. The summed E-state index contributed by atoms with van der Waals surface area (Å²) in [6.07, 6.45) is 3.87. The van der Waals surface area contributed by atoms with Crippen LogP contribution in [0, 0.1) is 0 Å². The summed E-state index contributed by atoms with van der Waals surface area (Å²) in [7, 11) is 0. The zero-order valence-corrected chi connectivity index (χ0v) is 17.1. The van der Waals surface area contributed by atoms with Crippen molar-refractivity contribution in [3.63, 3.8) is 0 Å². The number of halogens is 1. The Morgan fingerprint density at radius 3 is 2.70 bits per heavy atom. The van der Waals surface area contributed by atoms with Crippen LogP contribution in [0.1, 0.15) is 18.1 Å². The quantitative estimate of drug-likeness (QED) is 0.491. The molecule has 4 nitrogen and oxygen atoms in total. The molecule has 2 amide bonds. The second-order valence-corrected chi connectivity index (χ2v) is 8.19. The first kappa shape index (κ1) is 18.1. The van der Waals surface area contributed by atoms with E-state index >= 15 is 0 Å². The van der Waals surface area contributed by atoms with E-state index in [9.17, 15) is 9.59 Å². The third-order valence-corrected chi connectivity index (χ3v) is 5.95. The standard InChI is InChI=1S/C21H17BrN2O2S/c1-2-23-13-15(17-8-3-4-9-18(17)23)11-19-20(25)24(21(26)27-19)12-14-6-5-7-16(22)10-14/h3-11,13H,2,12H2,1H3/b19-11-. The maximum atomic E-state index is 12.8. The molecule has 6 heteroatoms. The van der Waals surface area contributed by atoms with Crippen LogP contribution in [0.15, 0.2) is 64.1 Å². The average Bonchev–Trinajstić information content (AvgIpc) is 3.15. The summed E-state index contributed by atoms with van der Waals surface area (Å²) in [4.78, 5) is 27.0. The predicted octanol–water partition coefficient (Wildman–Crippen LogP) is 5.66. The Morgan fingerprint density at radius 2 is 1.93 bits per heavy atom. The number of imide groups is 1. The Hall–Kier alpha value is -2.31. The minimum atomic E-state index is -0.238. The van der Waals surface area contributed by atoms with E-state index in [1.54, 1.807) is 0 Å². The molecule has 0 aliphatic carbocycles. The van der Waals surface area contributed by atoms with Crippen molar-refractivity contribution in [2.24, 2.45) is 0 Å². The molecule has 136 valence electrons. The number of nitrogens with zero attached hydrogens (tertiary/aromatic N) is 2. The first-order valence-corrected chi connectivity index (χ1v) is 10.3. The lowest BCUT2D eigenvalue weighted by Gasteiger charge is -2.12. The smallest absolute Gasteiger partial charge is 0.293 e. The van der Waals surface area contributed by atoms with Gasteiger partial charge in [0.15, 0.2) is 0 Å². The normalized spacial score (nSPS) is 16.1. The van der Waals surface area contributed by atoms with Crippen LogP contribution < -0.4 is 0 Å². The van der Waals surface area contributed by atoms with Gasteiger partial charge in [-0.3, -0.25) is 14.5 Å². The van der Waals surface area contributed by atoms with Crippen LogP contribution in [0.3, 0.4) is 0 Å². The summed E-state index contributed by atoms with van der Waals surface area (Å²) >= 11 is 4.43. The van der Waals surface area contributed by atoms with Crippen LogP contribution >= 0.6 is 27.7 Å². The minimum Gasteiger partial charge on any atom is -0.347 e. The fraction of sp³-hybridized carbons (Fsp3) is 0.143. The molecule has 2 aromatic carbocycles. The number of para-hydroxylation sites is 1. The highest BCUT2D eigenvalue weighted by Gasteiger charge is 2.35. The van der Waals surface area contributed by atoms with Crippen molar-refractivity contribution in [1.29, 1.82) is 0 Å². The number of hydrogen-bond acceptors (Lipinski definition) is 3. The van der Waals surface area contributed by atoms with E-state index in [-0.39, 0.29) is 17.7 Å². The molecule has 27 heavy (non-hydrogen) atoms. The molecule has 3 aromatic rings. The summed E-state index contributed by atoms with van der Waals surface area (Å²) in [6.45, 7) is 3.21. The molecular weight excluding hydrogens is 424 g/mol. The Labute approximate surface area is 170 Å². The molecular formula is C21H17BrN2O2S. The van der Waals surface area contributed by atoms with Crippen LogP contribution in [-0.4, -0.2) is 20.6 Å². The number of aryl methyl sites for hydroxylation is 1. The van der Waals surface area contributed by atoms with Crippen molar-refractivity contribution < 1.29 is 9.59 Å². The molecule has 2 heterocycles. The maximum absolute atomic E-state index is 12.8. The Balaban J connectivity index is 1.66. The van der Waals surface area contributed by atoms with Crippen molar-refractivity contribution >= 4 is 55.8 Å². The van der Waals surface area contributed by atoms with Crippen molar-refractivity contribution in [2.45, 2.75) is 20.0 Å². The van der Waals surface area contributed by atoms with Gasteiger partial charge in [-0.15, -0.1) is 0 Å². The van der Waals surface area contributed by atoms with Gasteiger partial charge in [-0.1, -0.05) is 46.3 Å². The topological polar surface area (TPSA) is 42.3 Å². The molecule has 1 aliphatic rings. The maximum Gasteiger partial charge on any atom is 0.293 e. The number of thioether (sulfide) groups is 1. The van der Waals surface area contributed by atoms with Crippen molar-refractivity contribution in [2.75, 3.05) is 0 Å². The minimum absolute atomic E-state index is 0.231. The highest BCUT2D eigenvalue weighted by molar-refractivity contribution is 9.10. The van der Waals surface area contributed by atoms with Crippen LogP contribution in [-0.2, 0) is 17.9 Å². The molecule has 0 radical (unpaired) electrons. The van der Waals surface area contributed by atoms with Gasteiger partial charge in [0.05, 0.1) is 11.4 Å². The zero-order chi connectivity index (χ0) is 19.0. The summed E-state index contributed by atoms with van der Waals surface area (Å²) in [5.74, 6) is -0.238. The highest BCUT2D eigenvalue weighted by atomic mass is 79.9. The van der Waals surface area contributed by atoms with E-state index in [2.05, 4.69) is 33.5 Å². The lowest BCUT2D eigenvalue weighted by molar-refractivity contribution is -0.123. The molecule has 4 rings (SSSR count). The third-order valence-electron chi connectivity index (χ3n) is 4.55. The molecule has 0 N–H and O–H groups in total. The molecule has 0 bridgehead atoms. The largest absolute Gasteiger partial charge is 0.347 e. The summed E-state index contributed by atoms with van der Waals surface area (Å²) in [5.41, 5.74) is 3.00. The van der Waals surface area contributed by atoms with Crippen molar-refractivity contribution in [1.82, 2.24) is 9.47 Å². The molecule has 1 fully saturated rings. The molecule has 1 aliphatic heterocycles. The van der Waals surface area contributed by atoms with Gasteiger partial charge in [0, 0.05) is 33.7 Å². The second kappa shape index (κ2) is 7.37. The lowest BCUT2D eigenvalue weighted by Crippen LogP contribution is -2.27. The molecule has 0 atom stereocenters. The number of aromatic nitrogens is 1. The van der Waals surface area contributed by atoms with E-state index in [0.29, 0.717) is 4.91 Å². The predicted molar refractivity (Wildman–Crippen MR) is 113 cm³/mol. The Kier molecular flexibility index (Phi) is 4.93. The first-order valence-electron chi connectivity index (χ1n) is 8.64. The summed E-state index contributed by atoms with van der Waals surface area (Å²) in [5, 5.41) is 0.851.